The summed E-state index contributed by atoms with van der Waals surface area (Å²) in [5.41, 5.74) is -0.562. The van der Waals surface area contributed by atoms with E-state index in [1.54, 1.807) is 11.9 Å². The molecule has 1 aliphatic heterocycles. The van der Waals surface area contributed by atoms with Crippen molar-refractivity contribution >= 4 is 35.5 Å². The number of carbonyl (C=O) groups excluding carboxylic acids is 4. The Balaban J connectivity index is 1.64. The van der Waals surface area contributed by atoms with Crippen LogP contribution >= 0.6 is 11.3 Å². The van der Waals surface area contributed by atoms with Gasteiger partial charge in [0.1, 0.15) is 16.7 Å². The second-order valence-electron chi connectivity index (χ2n) is 12.1. The molecule has 0 spiro atoms. The quantitative estimate of drug-likeness (QED) is 0.221. The summed E-state index contributed by atoms with van der Waals surface area (Å²) < 4.78 is 5.59. The first kappa shape index (κ1) is 31.9. The van der Waals surface area contributed by atoms with Gasteiger partial charge >= 0.3 is 0 Å². The molecule has 40 heavy (non-hydrogen) atoms. The first-order valence-corrected chi connectivity index (χ1v) is 15.3. The van der Waals surface area contributed by atoms with Crippen molar-refractivity contribution in [3.8, 4) is 5.75 Å². The van der Waals surface area contributed by atoms with Crippen LogP contribution in [0.15, 0.2) is 11.4 Å². The maximum atomic E-state index is 13.8. The van der Waals surface area contributed by atoms with Crippen LogP contribution in [-0.4, -0.2) is 89.6 Å². The summed E-state index contributed by atoms with van der Waals surface area (Å²) in [4.78, 5) is 55.6. The van der Waals surface area contributed by atoms with Crippen LogP contribution in [0.1, 0.15) is 82.3 Å². The van der Waals surface area contributed by atoms with Crippen molar-refractivity contribution in [1.29, 1.82) is 0 Å². The van der Waals surface area contributed by atoms with Crippen molar-refractivity contribution in [1.82, 2.24) is 20.2 Å². The fourth-order valence-corrected chi connectivity index (χ4v) is 6.60. The summed E-state index contributed by atoms with van der Waals surface area (Å²) in [5, 5.41) is 15.2. The third-order valence-electron chi connectivity index (χ3n) is 8.16. The van der Waals surface area contributed by atoms with Gasteiger partial charge in [0.05, 0.1) is 19.1 Å². The molecular weight excluding hydrogens is 532 g/mol. The van der Waals surface area contributed by atoms with Crippen molar-refractivity contribution in [3.63, 3.8) is 0 Å². The van der Waals surface area contributed by atoms with Gasteiger partial charge in [-0.05, 0) is 49.0 Å². The van der Waals surface area contributed by atoms with E-state index in [0.717, 1.165) is 25.7 Å². The standard InChI is InChI=1S/C29H46N4O6S/c1-6-39-23-13-16-40-24(23)27(36)32-14-11-22(12-15-32)31(5)28(37)25(29(2,3)4)30-26(35)21(18-33(38)19-34)17-20-9-7-8-10-20/h13,16,19-22,25,38H,6-12,14-15,17-18H2,1-5H3,(H,30,35)/t21-,25-/m1/s1. The Hall–Kier alpha value is -2.66. The molecule has 0 aromatic carbocycles. The summed E-state index contributed by atoms with van der Waals surface area (Å²) in [6.45, 7) is 9.08. The third-order valence-corrected chi connectivity index (χ3v) is 9.05. The summed E-state index contributed by atoms with van der Waals surface area (Å²) >= 11 is 1.37. The highest BCUT2D eigenvalue weighted by atomic mass is 32.1. The average Bonchev–Trinajstić information content (AvgIpc) is 3.62. The van der Waals surface area contributed by atoms with Gasteiger partial charge in [0.2, 0.25) is 18.2 Å². The fraction of sp³-hybridized carbons (Fsp3) is 0.724. The normalized spacial score (nSPS) is 18.2. The van der Waals surface area contributed by atoms with Crippen molar-refractivity contribution < 1.29 is 29.1 Å². The Bertz CT molecular complexity index is 1010. The smallest absolute Gasteiger partial charge is 0.267 e. The van der Waals surface area contributed by atoms with E-state index in [1.165, 1.54) is 11.3 Å². The Morgan fingerprint density at radius 2 is 1.85 bits per heavy atom. The number of carbonyl (C=O) groups is 4. The molecule has 224 valence electrons. The zero-order valence-corrected chi connectivity index (χ0v) is 25.4. The number of thiophene rings is 1. The molecule has 2 aliphatic rings. The number of hydrogen-bond donors (Lipinski definition) is 2. The molecule has 2 atom stereocenters. The number of piperidine rings is 1. The minimum Gasteiger partial charge on any atom is -0.492 e. The van der Waals surface area contributed by atoms with E-state index in [9.17, 15) is 24.4 Å². The Labute approximate surface area is 242 Å². The van der Waals surface area contributed by atoms with Crippen LogP contribution in [0.5, 0.6) is 5.75 Å². The van der Waals surface area contributed by atoms with E-state index >= 15 is 0 Å². The van der Waals surface area contributed by atoms with E-state index in [4.69, 9.17) is 4.74 Å². The Kier molecular flexibility index (Phi) is 11.4. The SMILES string of the molecule is CCOc1ccsc1C(=O)N1CCC(N(C)C(=O)[C@@H](NC(=O)[C@H](CC2CCCC2)CN(O)C=O)C(C)(C)C)CC1. The zero-order valence-electron chi connectivity index (χ0n) is 24.6. The average molecular weight is 579 g/mol. The van der Waals surface area contributed by atoms with Crippen LogP contribution < -0.4 is 10.1 Å². The number of nitrogens with one attached hydrogen (secondary N) is 1. The summed E-state index contributed by atoms with van der Waals surface area (Å²) in [6, 6.07) is 0.973. The number of hydrogen-bond acceptors (Lipinski definition) is 7. The van der Waals surface area contributed by atoms with E-state index in [0.29, 0.717) is 67.0 Å². The highest BCUT2D eigenvalue weighted by Gasteiger charge is 2.39. The molecule has 1 aromatic rings. The van der Waals surface area contributed by atoms with Gasteiger partial charge in [-0.3, -0.25) is 24.4 Å². The number of nitrogens with zero attached hydrogens (tertiary/aromatic N) is 3. The van der Waals surface area contributed by atoms with Gasteiger partial charge in [0.15, 0.2) is 0 Å². The largest absolute Gasteiger partial charge is 0.492 e. The molecule has 0 radical (unpaired) electrons. The first-order chi connectivity index (χ1) is 19.0. The van der Waals surface area contributed by atoms with Gasteiger partial charge in [-0.15, -0.1) is 11.3 Å². The van der Waals surface area contributed by atoms with Gasteiger partial charge in [0, 0.05) is 26.2 Å². The van der Waals surface area contributed by atoms with Crippen LogP contribution in [0, 0.1) is 17.3 Å². The van der Waals surface area contributed by atoms with Crippen molar-refractivity contribution in [2.24, 2.45) is 17.3 Å². The molecule has 4 amide bonds. The number of amides is 4. The molecule has 3 rings (SSSR count). The molecule has 0 unspecified atom stereocenters. The van der Waals surface area contributed by atoms with Gasteiger partial charge in [-0.25, -0.2) is 5.06 Å². The highest BCUT2D eigenvalue weighted by molar-refractivity contribution is 7.12. The van der Waals surface area contributed by atoms with E-state index < -0.39 is 17.4 Å². The molecule has 10 nitrogen and oxygen atoms in total. The van der Waals surface area contributed by atoms with Crippen LogP contribution in [-0.2, 0) is 14.4 Å². The Morgan fingerprint density at radius 3 is 2.42 bits per heavy atom. The minimum atomic E-state index is -0.779. The predicted molar refractivity (Wildman–Crippen MR) is 153 cm³/mol. The van der Waals surface area contributed by atoms with Gasteiger partial charge in [-0.2, -0.15) is 0 Å². The molecule has 1 saturated carbocycles. The number of hydroxylamine groups is 2. The van der Waals surface area contributed by atoms with Gasteiger partial charge in [-0.1, -0.05) is 46.5 Å². The molecule has 1 aliphatic carbocycles. The minimum absolute atomic E-state index is 0.0488. The molecule has 2 fully saturated rings. The second-order valence-corrected chi connectivity index (χ2v) is 13.1. The molecule has 0 bridgehead atoms. The number of ether oxygens (including phenoxy) is 1. The number of rotatable bonds is 12. The number of likely N-dealkylation sites (N-methyl/N-ethyl adjacent to an activating group) is 1. The maximum Gasteiger partial charge on any atom is 0.267 e. The van der Waals surface area contributed by atoms with Crippen LogP contribution in [0.3, 0.4) is 0 Å². The lowest BCUT2D eigenvalue weighted by Crippen LogP contribution is -2.58. The monoisotopic (exact) mass is 578 g/mol. The summed E-state index contributed by atoms with van der Waals surface area (Å²) in [6.07, 6.45) is 6.45. The van der Waals surface area contributed by atoms with Gasteiger partial charge in [0.25, 0.3) is 5.91 Å². The molecular formula is C29H46N4O6S. The summed E-state index contributed by atoms with van der Waals surface area (Å²) in [7, 11) is 1.76. The zero-order chi connectivity index (χ0) is 29.4. The lowest BCUT2D eigenvalue weighted by molar-refractivity contribution is -0.156. The van der Waals surface area contributed by atoms with E-state index in [-0.39, 0.29) is 30.3 Å². The molecule has 2 heterocycles. The van der Waals surface area contributed by atoms with E-state index in [2.05, 4.69) is 5.32 Å². The molecule has 1 saturated heterocycles. The lowest BCUT2D eigenvalue weighted by Gasteiger charge is -2.40. The molecule has 11 heteroatoms. The van der Waals surface area contributed by atoms with Crippen LogP contribution in [0.25, 0.3) is 0 Å². The van der Waals surface area contributed by atoms with Crippen LogP contribution in [0.4, 0.5) is 0 Å². The fourth-order valence-electron chi connectivity index (χ4n) is 5.80. The van der Waals surface area contributed by atoms with Gasteiger partial charge < -0.3 is 19.9 Å². The van der Waals surface area contributed by atoms with Crippen LogP contribution in [0.2, 0.25) is 0 Å². The van der Waals surface area contributed by atoms with E-state index in [1.807, 2.05) is 44.0 Å². The number of likely N-dealkylation sites (tertiary alicyclic amines) is 1. The second kappa shape index (κ2) is 14.3. The highest BCUT2D eigenvalue weighted by Crippen LogP contribution is 2.32. The topological polar surface area (TPSA) is 119 Å². The Morgan fingerprint density at radius 1 is 1.20 bits per heavy atom. The van der Waals surface area contributed by atoms with Crippen molar-refractivity contribution in [2.45, 2.75) is 84.7 Å². The molecule has 2 N–H and O–H groups in total. The maximum absolute atomic E-state index is 13.8. The predicted octanol–water partition coefficient (Wildman–Crippen LogP) is 3.78. The van der Waals surface area contributed by atoms with Crippen molar-refractivity contribution in [3.05, 3.63) is 16.3 Å². The first-order valence-electron chi connectivity index (χ1n) is 14.4. The molecule has 1 aromatic heterocycles. The third kappa shape index (κ3) is 8.19. The van der Waals surface area contributed by atoms with Crippen molar-refractivity contribution in [2.75, 3.05) is 33.3 Å². The lowest BCUT2D eigenvalue weighted by atomic mass is 9.84. The summed E-state index contributed by atoms with van der Waals surface area (Å²) in [5.74, 6) is -0.177.